The summed E-state index contributed by atoms with van der Waals surface area (Å²) in [6.07, 6.45) is 3.47. The Hall–Kier alpha value is -1.75. The van der Waals surface area contributed by atoms with Crippen LogP contribution in [0.15, 0.2) is 18.2 Å². The maximum absolute atomic E-state index is 12.9. The van der Waals surface area contributed by atoms with Gasteiger partial charge >= 0.3 is 0 Å². The van der Waals surface area contributed by atoms with Crippen molar-refractivity contribution in [1.29, 1.82) is 0 Å². The number of nitrogens with zero attached hydrogens (tertiary/aromatic N) is 1. The van der Waals surface area contributed by atoms with Gasteiger partial charge < -0.3 is 19.1 Å². The van der Waals surface area contributed by atoms with Crippen LogP contribution in [0.3, 0.4) is 0 Å². The molecule has 1 amide bonds. The molecular formula is C17H23NO4. The van der Waals surface area contributed by atoms with Crippen LogP contribution >= 0.6 is 0 Å². The third-order valence-electron chi connectivity index (χ3n) is 4.16. The number of rotatable bonds is 4. The normalized spacial score (nSPS) is 20.5. The molecule has 1 unspecified atom stereocenters. The van der Waals surface area contributed by atoms with Gasteiger partial charge in [-0.05, 0) is 38.3 Å². The third-order valence-corrected chi connectivity index (χ3v) is 4.16. The minimum absolute atomic E-state index is 0.0148. The molecule has 0 aliphatic carbocycles. The number of hydrogen-bond acceptors (Lipinski definition) is 4. The smallest absolute Gasteiger partial charge is 0.257 e. The molecule has 1 saturated heterocycles. The largest absolute Gasteiger partial charge is 0.486 e. The summed E-state index contributed by atoms with van der Waals surface area (Å²) in [7, 11) is 0. The van der Waals surface area contributed by atoms with Crippen LogP contribution in [0, 0.1) is 0 Å². The molecule has 2 aliphatic rings. The Kier molecular flexibility index (Phi) is 4.83. The second-order valence-corrected chi connectivity index (χ2v) is 5.66. The Bertz CT molecular complexity index is 525. The zero-order chi connectivity index (χ0) is 15.4. The van der Waals surface area contributed by atoms with Crippen LogP contribution in [0.4, 0.5) is 0 Å². The van der Waals surface area contributed by atoms with Gasteiger partial charge in [-0.2, -0.15) is 0 Å². The number of hydrogen-bond donors (Lipinski definition) is 0. The van der Waals surface area contributed by atoms with E-state index in [1.54, 1.807) is 6.07 Å². The van der Waals surface area contributed by atoms with Gasteiger partial charge in [0.1, 0.15) is 13.2 Å². The van der Waals surface area contributed by atoms with E-state index in [1.165, 1.54) is 6.42 Å². The number of amides is 1. The van der Waals surface area contributed by atoms with Crippen molar-refractivity contribution in [2.45, 2.75) is 32.3 Å². The van der Waals surface area contributed by atoms with Crippen molar-refractivity contribution >= 4 is 5.91 Å². The number of para-hydroxylation sites is 1. The van der Waals surface area contributed by atoms with Gasteiger partial charge in [0, 0.05) is 19.7 Å². The summed E-state index contributed by atoms with van der Waals surface area (Å²) in [6.45, 7) is 5.10. The van der Waals surface area contributed by atoms with Gasteiger partial charge in [-0.3, -0.25) is 4.79 Å². The molecule has 22 heavy (non-hydrogen) atoms. The van der Waals surface area contributed by atoms with E-state index in [4.69, 9.17) is 14.2 Å². The molecule has 2 aliphatic heterocycles. The second kappa shape index (κ2) is 7.01. The first-order chi connectivity index (χ1) is 10.8. The average molecular weight is 305 g/mol. The van der Waals surface area contributed by atoms with E-state index < -0.39 is 0 Å². The Balaban J connectivity index is 1.76. The van der Waals surface area contributed by atoms with Gasteiger partial charge in [-0.25, -0.2) is 0 Å². The maximum Gasteiger partial charge on any atom is 0.257 e. The SMILES string of the molecule is CCN(CC1CCCCO1)C(=O)c1cccc2c1OCCO2. The molecule has 5 nitrogen and oxygen atoms in total. The molecule has 0 bridgehead atoms. The van der Waals surface area contributed by atoms with Crippen molar-refractivity contribution in [3.05, 3.63) is 23.8 Å². The second-order valence-electron chi connectivity index (χ2n) is 5.66. The monoisotopic (exact) mass is 305 g/mol. The van der Waals surface area contributed by atoms with Crippen molar-refractivity contribution < 1.29 is 19.0 Å². The van der Waals surface area contributed by atoms with E-state index in [-0.39, 0.29) is 12.0 Å². The number of fused-ring (bicyclic) bond motifs is 1. The van der Waals surface area contributed by atoms with Gasteiger partial charge in [0.15, 0.2) is 11.5 Å². The Morgan fingerprint density at radius 1 is 1.23 bits per heavy atom. The number of benzene rings is 1. The zero-order valence-corrected chi connectivity index (χ0v) is 13.0. The first-order valence-electron chi connectivity index (χ1n) is 8.09. The quantitative estimate of drug-likeness (QED) is 0.857. The number of carbonyl (C=O) groups excluding carboxylic acids is 1. The van der Waals surface area contributed by atoms with Crippen molar-refractivity contribution in [2.24, 2.45) is 0 Å². The topological polar surface area (TPSA) is 48.0 Å². The summed E-state index contributed by atoms with van der Waals surface area (Å²) in [5.74, 6) is 1.21. The molecule has 1 aromatic rings. The Morgan fingerprint density at radius 3 is 2.86 bits per heavy atom. The molecule has 1 fully saturated rings. The lowest BCUT2D eigenvalue weighted by Gasteiger charge is -2.30. The molecule has 0 radical (unpaired) electrons. The fourth-order valence-corrected chi connectivity index (χ4v) is 2.97. The molecule has 120 valence electrons. The van der Waals surface area contributed by atoms with E-state index in [1.807, 2.05) is 24.0 Å². The van der Waals surface area contributed by atoms with E-state index >= 15 is 0 Å². The first-order valence-corrected chi connectivity index (χ1v) is 8.09. The van der Waals surface area contributed by atoms with Crippen LogP contribution in [0.25, 0.3) is 0 Å². The molecule has 5 heteroatoms. The van der Waals surface area contributed by atoms with Crippen molar-refractivity contribution in [1.82, 2.24) is 4.90 Å². The van der Waals surface area contributed by atoms with E-state index in [2.05, 4.69) is 0 Å². The summed E-state index contributed by atoms with van der Waals surface area (Å²) in [5, 5.41) is 0. The molecule has 3 rings (SSSR count). The summed E-state index contributed by atoms with van der Waals surface area (Å²) in [6, 6.07) is 5.48. The molecular weight excluding hydrogens is 282 g/mol. The molecule has 0 spiro atoms. The van der Waals surface area contributed by atoms with Crippen LogP contribution < -0.4 is 9.47 Å². The number of ether oxygens (including phenoxy) is 3. The summed E-state index contributed by atoms with van der Waals surface area (Å²) >= 11 is 0. The number of carbonyl (C=O) groups is 1. The standard InChI is InChI=1S/C17H23NO4/c1-2-18(12-13-6-3-4-9-20-13)17(19)14-7-5-8-15-16(14)22-11-10-21-15/h5,7-8,13H,2-4,6,9-12H2,1H3. The highest BCUT2D eigenvalue weighted by molar-refractivity contribution is 5.97. The summed E-state index contributed by atoms with van der Waals surface area (Å²) < 4.78 is 17.0. The lowest BCUT2D eigenvalue weighted by atomic mass is 10.1. The Morgan fingerprint density at radius 2 is 2.09 bits per heavy atom. The highest BCUT2D eigenvalue weighted by Gasteiger charge is 2.26. The fourth-order valence-electron chi connectivity index (χ4n) is 2.97. The molecule has 1 atom stereocenters. The van der Waals surface area contributed by atoms with Gasteiger partial charge in [0.25, 0.3) is 5.91 Å². The average Bonchev–Trinajstić information content (AvgIpc) is 2.59. The third kappa shape index (κ3) is 3.19. The zero-order valence-electron chi connectivity index (χ0n) is 13.0. The molecule has 0 N–H and O–H groups in total. The van der Waals surface area contributed by atoms with Crippen molar-refractivity contribution in [3.8, 4) is 11.5 Å². The predicted octanol–water partition coefficient (Wildman–Crippen LogP) is 2.49. The van der Waals surface area contributed by atoms with Gasteiger partial charge in [-0.15, -0.1) is 0 Å². The predicted molar refractivity (Wildman–Crippen MR) is 82.6 cm³/mol. The lowest BCUT2D eigenvalue weighted by Crippen LogP contribution is -2.40. The molecule has 0 saturated carbocycles. The van der Waals surface area contributed by atoms with Crippen LogP contribution in [0.2, 0.25) is 0 Å². The molecule has 1 aromatic carbocycles. The lowest BCUT2D eigenvalue weighted by molar-refractivity contribution is -0.00323. The van der Waals surface area contributed by atoms with Crippen LogP contribution in [-0.2, 0) is 4.74 Å². The molecule has 2 heterocycles. The van der Waals surface area contributed by atoms with Gasteiger partial charge in [0.05, 0.1) is 11.7 Å². The van der Waals surface area contributed by atoms with E-state index in [9.17, 15) is 4.79 Å². The fraction of sp³-hybridized carbons (Fsp3) is 0.588. The maximum atomic E-state index is 12.9. The van der Waals surface area contributed by atoms with Crippen LogP contribution in [0.5, 0.6) is 11.5 Å². The molecule has 0 aromatic heterocycles. The van der Waals surface area contributed by atoms with Gasteiger partial charge in [-0.1, -0.05) is 6.07 Å². The Labute approximate surface area is 131 Å². The van der Waals surface area contributed by atoms with Crippen molar-refractivity contribution in [3.63, 3.8) is 0 Å². The highest BCUT2D eigenvalue weighted by Crippen LogP contribution is 2.34. The number of likely N-dealkylation sites (N-methyl/N-ethyl adjacent to an activating group) is 1. The van der Waals surface area contributed by atoms with Crippen LogP contribution in [-0.4, -0.2) is 49.8 Å². The van der Waals surface area contributed by atoms with E-state index in [0.717, 1.165) is 19.4 Å². The van der Waals surface area contributed by atoms with Crippen LogP contribution in [0.1, 0.15) is 36.5 Å². The minimum Gasteiger partial charge on any atom is -0.486 e. The van der Waals surface area contributed by atoms with E-state index in [0.29, 0.717) is 43.4 Å². The summed E-state index contributed by atoms with van der Waals surface area (Å²) in [4.78, 5) is 14.7. The summed E-state index contributed by atoms with van der Waals surface area (Å²) in [5.41, 5.74) is 0.579. The highest BCUT2D eigenvalue weighted by atomic mass is 16.6. The first kappa shape index (κ1) is 15.2. The van der Waals surface area contributed by atoms with Crippen molar-refractivity contribution in [2.75, 3.05) is 32.9 Å². The minimum atomic E-state index is -0.0148. The van der Waals surface area contributed by atoms with Gasteiger partial charge in [0.2, 0.25) is 0 Å².